The lowest BCUT2D eigenvalue weighted by Gasteiger charge is -2.12. The van der Waals surface area contributed by atoms with Gasteiger partial charge in [-0.05, 0) is 75.3 Å². The molecular weight excluding hydrogens is 884 g/mol. The number of esters is 2. The molecule has 0 saturated carbocycles. The lowest BCUT2D eigenvalue weighted by atomic mass is 10.1. The third kappa shape index (κ3) is 10.7. The van der Waals surface area contributed by atoms with E-state index < -0.39 is 23.7 Å². The summed E-state index contributed by atoms with van der Waals surface area (Å²) in [5, 5.41) is 6.79. The molecule has 0 amide bonds. The number of halogens is 3. The summed E-state index contributed by atoms with van der Waals surface area (Å²) >= 11 is 0. The van der Waals surface area contributed by atoms with Crippen LogP contribution in [0.25, 0.3) is 43.6 Å². The molecule has 2 N–H and O–H groups in total. The molecule has 2 aromatic carbocycles. The first kappa shape index (κ1) is 47.2. The normalized spacial score (nSPS) is 11.9. The van der Waals surface area contributed by atoms with Crippen LogP contribution in [0.5, 0.6) is 29.3 Å². The van der Waals surface area contributed by atoms with Gasteiger partial charge < -0.3 is 52.4 Å². The smallest absolute Gasteiger partial charge is 0.419 e. The second-order valence-electron chi connectivity index (χ2n) is 15.1. The Kier molecular flexibility index (Phi) is 14.2. The minimum Gasteiger partial charge on any atom is -0.481 e. The Bertz CT molecular complexity index is 3120. The summed E-state index contributed by atoms with van der Waals surface area (Å²) in [6, 6.07) is 14.1. The average molecular weight is 928 g/mol. The van der Waals surface area contributed by atoms with Gasteiger partial charge in [-0.15, -0.1) is 0 Å². The quantitative estimate of drug-likeness (QED) is 0.0768. The van der Waals surface area contributed by atoms with Gasteiger partial charge >= 0.3 is 24.1 Å². The van der Waals surface area contributed by atoms with E-state index in [0.29, 0.717) is 56.9 Å². The van der Waals surface area contributed by atoms with E-state index in [1.165, 1.54) is 27.5 Å². The van der Waals surface area contributed by atoms with Crippen LogP contribution >= 0.6 is 0 Å². The molecule has 0 saturated heterocycles. The number of carbonyl (C=O) groups excluding carboxylic acids is 2. The highest BCUT2D eigenvalue weighted by atomic mass is 19.4. The average Bonchev–Trinajstić information content (AvgIpc) is 3.86. The first-order valence-electron chi connectivity index (χ1n) is 20.4. The number of nitrogens with zero attached hydrogens (tertiary/aromatic N) is 5. The molecule has 0 radical (unpaired) electrons. The number of aromatic nitrogens is 6. The van der Waals surface area contributed by atoms with Crippen LogP contribution in [0.3, 0.4) is 0 Å². The van der Waals surface area contributed by atoms with Gasteiger partial charge in [-0.2, -0.15) is 23.1 Å². The molecule has 18 nitrogen and oxygen atoms in total. The second kappa shape index (κ2) is 20.2. The summed E-state index contributed by atoms with van der Waals surface area (Å²) in [6.45, 7) is 7.36. The van der Waals surface area contributed by atoms with Crippen LogP contribution in [0.15, 0.2) is 82.8 Å². The Morgan fingerprint density at radius 2 is 1.19 bits per heavy atom. The lowest BCUT2D eigenvalue weighted by molar-refractivity contribution is -0.138. The van der Waals surface area contributed by atoms with Crippen molar-refractivity contribution in [2.45, 2.75) is 59.3 Å². The fourth-order valence-corrected chi connectivity index (χ4v) is 6.88. The number of rotatable bonds is 14. The van der Waals surface area contributed by atoms with E-state index in [4.69, 9.17) is 42.4 Å². The van der Waals surface area contributed by atoms with E-state index in [2.05, 4.69) is 35.1 Å². The van der Waals surface area contributed by atoms with Crippen molar-refractivity contribution in [3.05, 3.63) is 107 Å². The SMILES string of the molecule is COCc1c(C(=O)OC(C)C)ncc2[nH]c3ccc(ON=c4ccc(C(F)(F)F)co4)cc3c12.COCc1c(C(=O)OC(C)C)ncc2[nH]c3ccc(Oc4nc(OC)cc(OC)n4)cc3c12. The molecule has 0 aliphatic rings. The molecule has 6 heterocycles. The molecule has 21 heteroatoms. The number of nitrogens with one attached hydrogen (secondary N) is 2. The van der Waals surface area contributed by atoms with E-state index in [-0.39, 0.29) is 48.4 Å². The summed E-state index contributed by atoms with van der Waals surface area (Å²) in [6.07, 6.45) is -1.39. The maximum absolute atomic E-state index is 12.7. The maximum atomic E-state index is 12.7. The van der Waals surface area contributed by atoms with Gasteiger partial charge in [-0.1, -0.05) is 0 Å². The van der Waals surface area contributed by atoms with Crippen molar-refractivity contribution in [2.24, 2.45) is 5.16 Å². The van der Waals surface area contributed by atoms with Crippen LogP contribution in [-0.4, -0.2) is 82.5 Å². The minimum absolute atomic E-state index is 0.0744. The molecule has 0 aliphatic carbocycles. The molecule has 0 spiro atoms. The Morgan fingerprint density at radius 1 is 0.687 bits per heavy atom. The van der Waals surface area contributed by atoms with Gasteiger partial charge in [-0.25, -0.2) is 19.6 Å². The molecule has 0 aliphatic heterocycles. The number of hydrogen-bond donors (Lipinski definition) is 2. The number of methoxy groups -OCH3 is 4. The van der Waals surface area contributed by atoms with E-state index in [0.717, 1.165) is 39.5 Å². The number of fused-ring (bicyclic) bond motifs is 6. The van der Waals surface area contributed by atoms with Gasteiger partial charge in [0, 0.05) is 64.0 Å². The standard InChI is InChI=1S/C23H20F3N3O5.C23H24N4O6/c1-12(2)33-22(30)21-16(11-31-3)20-15-8-14(5-6-17(15)28-18(20)9-27-21)34-29-19-7-4-13(10-32-19)23(24,25)26;1-12(2)32-22(28)21-15(11-29-3)20-14-8-13(6-7-16(14)25-17(20)10-24-21)33-23-26-18(30-4)9-19(27-23)31-5/h4-10,12,28H,11H2,1-3H3;6-10,12,25H,11H2,1-5H3. The van der Waals surface area contributed by atoms with Gasteiger partial charge in [0.25, 0.3) is 5.55 Å². The largest absolute Gasteiger partial charge is 0.481 e. The highest BCUT2D eigenvalue weighted by Gasteiger charge is 2.31. The van der Waals surface area contributed by atoms with Gasteiger partial charge in [0.1, 0.15) is 12.0 Å². The Labute approximate surface area is 378 Å². The fourth-order valence-electron chi connectivity index (χ4n) is 6.88. The summed E-state index contributed by atoms with van der Waals surface area (Å²) < 4.78 is 80.5. The van der Waals surface area contributed by atoms with E-state index in [1.807, 2.05) is 12.1 Å². The molecule has 350 valence electrons. The van der Waals surface area contributed by atoms with Crippen molar-refractivity contribution < 1.29 is 65.2 Å². The third-order valence-corrected chi connectivity index (χ3v) is 9.63. The van der Waals surface area contributed by atoms with E-state index in [9.17, 15) is 22.8 Å². The molecule has 0 bridgehead atoms. The monoisotopic (exact) mass is 927 g/mol. The van der Waals surface area contributed by atoms with Crippen molar-refractivity contribution in [3.63, 3.8) is 0 Å². The molecule has 8 rings (SSSR count). The first-order valence-corrected chi connectivity index (χ1v) is 20.4. The number of pyridine rings is 2. The van der Waals surface area contributed by atoms with Crippen LogP contribution in [0.4, 0.5) is 13.2 Å². The predicted molar refractivity (Wildman–Crippen MR) is 235 cm³/mol. The highest BCUT2D eigenvalue weighted by Crippen LogP contribution is 2.36. The predicted octanol–water partition coefficient (Wildman–Crippen LogP) is 8.96. The van der Waals surface area contributed by atoms with Crippen LogP contribution in [-0.2, 0) is 38.3 Å². The molecule has 6 aromatic heterocycles. The fraction of sp³-hybridized carbons (Fsp3) is 0.283. The number of benzene rings is 2. The topological polar surface area (TPSA) is 217 Å². The summed E-state index contributed by atoms with van der Waals surface area (Å²) in [7, 11) is 6.06. The number of alkyl halides is 3. The van der Waals surface area contributed by atoms with Gasteiger partial charge in [0.05, 0.1) is 74.7 Å². The van der Waals surface area contributed by atoms with E-state index >= 15 is 0 Å². The van der Waals surface area contributed by atoms with Crippen LogP contribution in [0, 0.1) is 0 Å². The molecule has 8 aromatic rings. The number of ether oxygens (including phenoxy) is 7. The zero-order valence-corrected chi connectivity index (χ0v) is 37.4. The van der Waals surface area contributed by atoms with Crippen LogP contribution in [0.2, 0.25) is 0 Å². The number of carbonyl (C=O) groups is 2. The second-order valence-corrected chi connectivity index (χ2v) is 15.1. The first-order chi connectivity index (χ1) is 32.1. The lowest BCUT2D eigenvalue weighted by Crippen LogP contribution is -2.15. The summed E-state index contributed by atoms with van der Waals surface area (Å²) in [4.78, 5) is 54.2. The van der Waals surface area contributed by atoms with Gasteiger partial charge in [-0.3, -0.25) is 0 Å². The molecule has 67 heavy (non-hydrogen) atoms. The van der Waals surface area contributed by atoms with Crippen molar-refractivity contribution in [1.82, 2.24) is 29.9 Å². The number of H-pyrrole nitrogens is 2. The zero-order chi connectivity index (χ0) is 48.0. The van der Waals surface area contributed by atoms with Crippen molar-refractivity contribution in [2.75, 3.05) is 28.4 Å². The number of hydrogen-bond acceptors (Lipinski definition) is 16. The molecule has 0 atom stereocenters. The zero-order valence-electron chi connectivity index (χ0n) is 37.4. The van der Waals surface area contributed by atoms with Gasteiger partial charge in [0.2, 0.25) is 11.8 Å². The van der Waals surface area contributed by atoms with E-state index in [1.54, 1.807) is 71.3 Å². The van der Waals surface area contributed by atoms with Crippen LogP contribution < -0.4 is 24.6 Å². The maximum Gasteiger partial charge on any atom is 0.419 e. The Balaban J connectivity index is 0.000000199. The summed E-state index contributed by atoms with van der Waals surface area (Å²) in [5.74, 6) is 0.348. The van der Waals surface area contributed by atoms with Crippen molar-refractivity contribution in [3.8, 4) is 29.3 Å². The summed E-state index contributed by atoms with van der Waals surface area (Å²) in [5.41, 5.74) is 3.48. The molecule has 0 fully saturated rings. The minimum atomic E-state index is -4.52. The third-order valence-electron chi connectivity index (χ3n) is 9.63. The van der Waals surface area contributed by atoms with Crippen LogP contribution in [0.1, 0.15) is 65.4 Å². The van der Waals surface area contributed by atoms with Gasteiger partial charge in [0.15, 0.2) is 17.1 Å². The number of aromatic amines is 2. The molecular formula is C46H44F3N7O11. The van der Waals surface area contributed by atoms with Crippen molar-refractivity contribution in [1.29, 1.82) is 0 Å². The highest BCUT2D eigenvalue weighted by molar-refractivity contribution is 6.12. The Hall–Kier alpha value is -7.78. The molecule has 0 unspecified atom stereocenters. The van der Waals surface area contributed by atoms with Crippen molar-refractivity contribution >= 4 is 55.6 Å². The Morgan fingerprint density at radius 3 is 1.64 bits per heavy atom.